The molecule has 0 saturated carbocycles. The molecule has 2 saturated heterocycles. The summed E-state index contributed by atoms with van der Waals surface area (Å²) in [5.74, 6) is 1.16. The predicted molar refractivity (Wildman–Crippen MR) is 69.5 cm³/mol. The third-order valence-corrected chi connectivity index (χ3v) is 3.90. The molecular weight excluding hydrogens is 242 g/mol. The predicted octanol–water partition coefficient (Wildman–Crippen LogP) is 1.10. The number of hydrogen-bond donors (Lipinski definition) is 1. The van der Waals surface area contributed by atoms with E-state index in [1.807, 2.05) is 12.1 Å². The first kappa shape index (κ1) is 12.7. The number of hydrogen-bond acceptors (Lipinski definition) is 5. The van der Waals surface area contributed by atoms with Crippen LogP contribution in [0.3, 0.4) is 0 Å². The van der Waals surface area contributed by atoms with E-state index in [-0.39, 0.29) is 6.10 Å². The van der Waals surface area contributed by atoms with E-state index < -0.39 is 0 Å². The van der Waals surface area contributed by atoms with Crippen molar-refractivity contribution in [2.24, 2.45) is 0 Å². The number of nitrogens with zero attached hydrogens (tertiary/aromatic N) is 2. The highest BCUT2D eigenvalue weighted by Gasteiger charge is 2.31. The number of nitrogens with one attached hydrogen (secondary N) is 1. The molecule has 0 spiro atoms. The number of ether oxygens (including phenoxy) is 1. The molecule has 1 N–H and O–H groups in total. The molecule has 0 aromatic carbocycles. The maximum absolute atomic E-state index is 8.68. The van der Waals surface area contributed by atoms with Crippen LogP contribution in [0.1, 0.15) is 24.4 Å². The standard InChI is InChI=1S/C14H19N3O2/c15-6-12-3-4-13(19-12)7-16-8-14-9-17-5-1-2-11(17)10-18-14/h3-4,11,14,16H,1-2,5,7-10H2. The molecule has 5 nitrogen and oxygen atoms in total. The third kappa shape index (κ3) is 2.98. The minimum atomic E-state index is 0.264. The molecule has 2 fully saturated rings. The summed E-state index contributed by atoms with van der Waals surface area (Å²) in [6.07, 6.45) is 2.85. The topological polar surface area (TPSA) is 61.4 Å². The summed E-state index contributed by atoms with van der Waals surface area (Å²) >= 11 is 0. The normalized spacial score (nSPS) is 27.1. The molecule has 3 rings (SSSR count). The Hall–Kier alpha value is -1.35. The van der Waals surface area contributed by atoms with Gasteiger partial charge in [0.2, 0.25) is 5.76 Å². The zero-order valence-electron chi connectivity index (χ0n) is 11.0. The first-order chi connectivity index (χ1) is 9.35. The van der Waals surface area contributed by atoms with Crippen molar-refractivity contribution in [2.75, 3.05) is 26.2 Å². The van der Waals surface area contributed by atoms with Crippen LogP contribution in [0, 0.1) is 11.3 Å². The van der Waals surface area contributed by atoms with Gasteiger partial charge in [0.25, 0.3) is 0 Å². The Morgan fingerprint density at radius 3 is 3.26 bits per heavy atom. The van der Waals surface area contributed by atoms with Gasteiger partial charge in [-0.2, -0.15) is 5.26 Å². The SMILES string of the molecule is N#Cc1ccc(CNCC2CN3CCCC3CO2)o1. The molecule has 3 heterocycles. The van der Waals surface area contributed by atoms with Gasteiger partial charge in [0, 0.05) is 19.1 Å². The fourth-order valence-electron chi connectivity index (χ4n) is 2.90. The first-order valence-corrected chi connectivity index (χ1v) is 6.90. The second kappa shape index (κ2) is 5.74. The molecule has 1 aromatic rings. The smallest absolute Gasteiger partial charge is 0.203 e. The van der Waals surface area contributed by atoms with Crippen LogP contribution in [-0.2, 0) is 11.3 Å². The number of furan rings is 1. The Balaban J connectivity index is 1.41. The summed E-state index contributed by atoms with van der Waals surface area (Å²) < 4.78 is 11.2. The maximum Gasteiger partial charge on any atom is 0.203 e. The Morgan fingerprint density at radius 2 is 2.42 bits per heavy atom. The van der Waals surface area contributed by atoms with Crippen molar-refractivity contribution in [1.29, 1.82) is 5.26 Å². The zero-order chi connectivity index (χ0) is 13.1. The van der Waals surface area contributed by atoms with E-state index >= 15 is 0 Å². The van der Waals surface area contributed by atoms with Crippen molar-refractivity contribution >= 4 is 0 Å². The highest BCUT2D eigenvalue weighted by atomic mass is 16.5. The van der Waals surface area contributed by atoms with Gasteiger partial charge in [-0.3, -0.25) is 4.90 Å². The van der Waals surface area contributed by atoms with Crippen molar-refractivity contribution in [3.05, 3.63) is 23.7 Å². The van der Waals surface area contributed by atoms with Gasteiger partial charge >= 0.3 is 0 Å². The maximum atomic E-state index is 8.68. The average molecular weight is 261 g/mol. The average Bonchev–Trinajstić information content (AvgIpc) is 3.06. The second-order valence-corrected chi connectivity index (χ2v) is 5.25. The summed E-state index contributed by atoms with van der Waals surface area (Å²) in [4.78, 5) is 2.54. The Kier molecular flexibility index (Phi) is 3.83. The molecule has 0 radical (unpaired) electrons. The summed E-state index contributed by atoms with van der Waals surface area (Å²) in [7, 11) is 0. The Morgan fingerprint density at radius 1 is 1.47 bits per heavy atom. The first-order valence-electron chi connectivity index (χ1n) is 6.90. The van der Waals surface area contributed by atoms with Crippen LogP contribution in [0.25, 0.3) is 0 Å². The summed E-state index contributed by atoms with van der Waals surface area (Å²) in [6.45, 7) is 4.58. The van der Waals surface area contributed by atoms with Crippen molar-refractivity contribution in [3.63, 3.8) is 0 Å². The number of morpholine rings is 1. The van der Waals surface area contributed by atoms with E-state index in [1.165, 1.54) is 19.4 Å². The van der Waals surface area contributed by atoms with Crippen LogP contribution < -0.4 is 5.32 Å². The third-order valence-electron chi connectivity index (χ3n) is 3.90. The molecule has 5 heteroatoms. The minimum absolute atomic E-state index is 0.264. The van der Waals surface area contributed by atoms with Crippen LogP contribution in [-0.4, -0.2) is 43.3 Å². The molecule has 1 aromatic heterocycles. The van der Waals surface area contributed by atoms with Crippen LogP contribution in [0.5, 0.6) is 0 Å². The van der Waals surface area contributed by atoms with Crippen molar-refractivity contribution in [1.82, 2.24) is 10.2 Å². The second-order valence-electron chi connectivity index (χ2n) is 5.25. The van der Waals surface area contributed by atoms with Crippen molar-refractivity contribution in [3.8, 4) is 6.07 Å². The van der Waals surface area contributed by atoms with Crippen molar-refractivity contribution in [2.45, 2.75) is 31.5 Å². The summed E-state index contributed by atoms with van der Waals surface area (Å²) in [5.41, 5.74) is 0. The molecule has 0 bridgehead atoms. The molecule has 2 atom stereocenters. The molecule has 0 amide bonds. The number of fused-ring (bicyclic) bond motifs is 1. The lowest BCUT2D eigenvalue weighted by atomic mass is 10.2. The largest absolute Gasteiger partial charge is 0.449 e. The van der Waals surface area contributed by atoms with Gasteiger partial charge in [-0.25, -0.2) is 0 Å². The van der Waals surface area contributed by atoms with E-state index in [1.54, 1.807) is 6.07 Å². The van der Waals surface area contributed by atoms with Crippen LogP contribution in [0.2, 0.25) is 0 Å². The lowest BCUT2D eigenvalue weighted by Crippen LogP contribution is -2.49. The Bertz CT molecular complexity index is 466. The molecule has 19 heavy (non-hydrogen) atoms. The monoisotopic (exact) mass is 261 g/mol. The molecule has 2 aliphatic heterocycles. The molecule has 2 aliphatic rings. The van der Waals surface area contributed by atoms with E-state index in [9.17, 15) is 0 Å². The highest BCUT2D eigenvalue weighted by molar-refractivity contribution is 5.18. The summed E-state index contributed by atoms with van der Waals surface area (Å²) in [6, 6.07) is 6.17. The summed E-state index contributed by atoms with van der Waals surface area (Å²) in [5, 5.41) is 12.0. The Labute approximate surface area is 113 Å². The molecular formula is C14H19N3O2. The van der Waals surface area contributed by atoms with Gasteiger partial charge in [0.1, 0.15) is 11.8 Å². The van der Waals surface area contributed by atoms with Crippen LogP contribution >= 0.6 is 0 Å². The van der Waals surface area contributed by atoms with E-state index in [4.69, 9.17) is 14.4 Å². The fraction of sp³-hybridized carbons (Fsp3) is 0.643. The minimum Gasteiger partial charge on any atom is -0.449 e. The molecule has 0 aliphatic carbocycles. The van der Waals surface area contributed by atoms with Gasteiger partial charge in [-0.1, -0.05) is 0 Å². The van der Waals surface area contributed by atoms with Crippen LogP contribution in [0.4, 0.5) is 0 Å². The van der Waals surface area contributed by atoms with E-state index in [2.05, 4.69) is 10.2 Å². The van der Waals surface area contributed by atoms with E-state index in [0.29, 0.717) is 18.3 Å². The number of rotatable bonds is 4. The molecule has 2 unspecified atom stereocenters. The zero-order valence-corrected chi connectivity index (χ0v) is 11.0. The van der Waals surface area contributed by atoms with Gasteiger partial charge in [0.15, 0.2) is 0 Å². The van der Waals surface area contributed by atoms with Gasteiger partial charge in [-0.05, 0) is 31.5 Å². The lowest BCUT2D eigenvalue weighted by Gasteiger charge is -2.35. The highest BCUT2D eigenvalue weighted by Crippen LogP contribution is 2.22. The molecule has 102 valence electrons. The van der Waals surface area contributed by atoms with Crippen LogP contribution in [0.15, 0.2) is 16.5 Å². The van der Waals surface area contributed by atoms with Crippen molar-refractivity contribution < 1.29 is 9.15 Å². The van der Waals surface area contributed by atoms with Gasteiger partial charge in [-0.15, -0.1) is 0 Å². The quantitative estimate of drug-likeness (QED) is 0.879. The van der Waals surface area contributed by atoms with Gasteiger partial charge in [0.05, 0.1) is 19.3 Å². The fourth-order valence-corrected chi connectivity index (χ4v) is 2.90. The number of nitriles is 1. The van der Waals surface area contributed by atoms with Gasteiger partial charge < -0.3 is 14.5 Å². The lowest BCUT2D eigenvalue weighted by molar-refractivity contribution is -0.0471. The van der Waals surface area contributed by atoms with E-state index in [0.717, 1.165) is 25.5 Å².